The molecule has 1 aromatic heterocycles. The summed E-state index contributed by atoms with van der Waals surface area (Å²) in [6, 6.07) is 0.589. The van der Waals surface area contributed by atoms with Crippen molar-refractivity contribution in [2.24, 2.45) is 5.92 Å². The van der Waals surface area contributed by atoms with Crippen molar-refractivity contribution in [1.82, 2.24) is 14.5 Å². The van der Waals surface area contributed by atoms with Gasteiger partial charge in [0.05, 0.1) is 23.5 Å². The van der Waals surface area contributed by atoms with E-state index in [1.807, 2.05) is 12.5 Å². The van der Waals surface area contributed by atoms with Crippen molar-refractivity contribution in [3.8, 4) is 0 Å². The summed E-state index contributed by atoms with van der Waals surface area (Å²) in [5.41, 5.74) is 1.19. The first kappa shape index (κ1) is 15.0. The van der Waals surface area contributed by atoms with Crippen LogP contribution in [0.3, 0.4) is 0 Å². The number of rotatable bonds is 4. The van der Waals surface area contributed by atoms with Gasteiger partial charge < -0.3 is 4.57 Å². The van der Waals surface area contributed by atoms with Gasteiger partial charge >= 0.3 is 0 Å². The van der Waals surface area contributed by atoms with Gasteiger partial charge in [-0.15, -0.1) is 0 Å². The minimum Gasteiger partial charge on any atom is -0.331 e. The molecule has 0 N–H and O–H groups in total. The Morgan fingerprint density at radius 1 is 1.38 bits per heavy atom. The van der Waals surface area contributed by atoms with E-state index in [1.54, 1.807) is 0 Å². The maximum absolute atomic E-state index is 12.0. The summed E-state index contributed by atoms with van der Waals surface area (Å²) in [5, 5.41) is 0. The van der Waals surface area contributed by atoms with Crippen molar-refractivity contribution in [2.45, 2.75) is 51.7 Å². The van der Waals surface area contributed by atoms with Crippen molar-refractivity contribution >= 4 is 9.84 Å². The van der Waals surface area contributed by atoms with Gasteiger partial charge in [0.2, 0.25) is 0 Å². The average Bonchev–Trinajstić information content (AvgIpc) is 2.78. The molecular weight excluding hydrogens is 286 g/mol. The van der Waals surface area contributed by atoms with Crippen LogP contribution in [0.5, 0.6) is 0 Å². The molecule has 0 bridgehead atoms. The molecular formula is C15H25N3O2S. The second-order valence-electron chi connectivity index (χ2n) is 6.73. The van der Waals surface area contributed by atoms with E-state index in [1.165, 1.54) is 25.0 Å². The highest BCUT2D eigenvalue weighted by Crippen LogP contribution is 2.35. The lowest BCUT2D eigenvalue weighted by molar-refractivity contribution is 0.101. The van der Waals surface area contributed by atoms with Crippen LogP contribution in [0.1, 0.15) is 44.8 Å². The number of sulfone groups is 1. The smallest absolute Gasteiger partial charge is 0.153 e. The molecule has 2 fully saturated rings. The molecule has 5 nitrogen and oxygen atoms in total. The average molecular weight is 311 g/mol. The second kappa shape index (κ2) is 5.72. The molecule has 3 rings (SSSR count). The molecule has 118 valence electrons. The van der Waals surface area contributed by atoms with Gasteiger partial charge in [0.15, 0.2) is 9.84 Å². The molecule has 1 aliphatic heterocycles. The fraction of sp³-hybridized carbons (Fsp3) is 0.800. The lowest BCUT2D eigenvalue weighted by atomic mass is 9.79. The summed E-state index contributed by atoms with van der Waals surface area (Å²) in [6.07, 6.45) is 7.40. The van der Waals surface area contributed by atoms with Gasteiger partial charge in [0.1, 0.15) is 0 Å². The molecule has 1 aromatic rings. The van der Waals surface area contributed by atoms with Crippen LogP contribution in [-0.4, -0.2) is 47.0 Å². The predicted octanol–water partition coefficient (Wildman–Crippen LogP) is 1.86. The Hall–Kier alpha value is -0.880. The largest absolute Gasteiger partial charge is 0.331 e. The minimum atomic E-state index is -2.86. The predicted molar refractivity (Wildman–Crippen MR) is 82.8 cm³/mol. The first-order chi connectivity index (χ1) is 9.96. The summed E-state index contributed by atoms with van der Waals surface area (Å²) in [7, 11) is -2.86. The maximum Gasteiger partial charge on any atom is 0.153 e. The lowest BCUT2D eigenvalue weighted by Crippen LogP contribution is -2.53. The maximum atomic E-state index is 12.0. The van der Waals surface area contributed by atoms with Crippen molar-refractivity contribution < 1.29 is 8.42 Å². The van der Waals surface area contributed by atoms with Gasteiger partial charge in [-0.05, 0) is 32.6 Å². The topological polar surface area (TPSA) is 55.2 Å². The summed E-state index contributed by atoms with van der Waals surface area (Å²) >= 11 is 0. The molecule has 0 radical (unpaired) electrons. The summed E-state index contributed by atoms with van der Waals surface area (Å²) in [4.78, 5) is 6.64. The molecule has 1 aliphatic carbocycles. The van der Waals surface area contributed by atoms with Gasteiger partial charge in [-0.2, -0.15) is 0 Å². The van der Waals surface area contributed by atoms with Crippen molar-refractivity contribution in [3.05, 3.63) is 18.2 Å². The molecule has 21 heavy (non-hydrogen) atoms. The van der Waals surface area contributed by atoms with E-state index in [9.17, 15) is 8.42 Å². The Morgan fingerprint density at radius 2 is 2.14 bits per heavy atom. The second-order valence-corrected chi connectivity index (χ2v) is 8.96. The molecule has 0 unspecified atom stereocenters. The van der Waals surface area contributed by atoms with Crippen LogP contribution in [-0.2, 0) is 16.4 Å². The lowest BCUT2D eigenvalue weighted by Gasteiger charge is -2.43. The highest BCUT2D eigenvalue weighted by molar-refractivity contribution is 7.91. The molecule has 1 saturated carbocycles. The van der Waals surface area contributed by atoms with E-state index < -0.39 is 9.84 Å². The van der Waals surface area contributed by atoms with Crippen molar-refractivity contribution in [3.63, 3.8) is 0 Å². The van der Waals surface area contributed by atoms with Crippen molar-refractivity contribution in [1.29, 1.82) is 0 Å². The number of aromatic nitrogens is 2. The molecule has 0 spiro atoms. The third-order valence-electron chi connectivity index (χ3n) is 4.94. The zero-order valence-electron chi connectivity index (χ0n) is 12.9. The van der Waals surface area contributed by atoms with Crippen LogP contribution in [0, 0.1) is 5.92 Å². The van der Waals surface area contributed by atoms with E-state index in [0.717, 1.165) is 6.54 Å². The van der Waals surface area contributed by atoms with E-state index >= 15 is 0 Å². The number of nitrogens with zero attached hydrogens (tertiary/aromatic N) is 3. The fourth-order valence-corrected chi connectivity index (χ4v) is 5.14. The third-order valence-corrected chi connectivity index (χ3v) is 6.60. The molecule has 2 heterocycles. The first-order valence-corrected chi connectivity index (χ1v) is 9.73. The van der Waals surface area contributed by atoms with Crippen LogP contribution in [0.4, 0.5) is 0 Å². The molecule has 0 aromatic carbocycles. The summed E-state index contributed by atoms with van der Waals surface area (Å²) < 4.78 is 26.2. The third kappa shape index (κ3) is 3.16. The summed E-state index contributed by atoms with van der Waals surface area (Å²) in [5.74, 6) is 1.20. The van der Waals surface area contributed by atoms with E-state index in [0.29, 0.717) is 30.0 Å². The highest BCUT2D eigenvalue weighted by Gasteiger charge is 2.38. The van der Waals surface area contributed by atoms with Gasteiger partial charge in [-0.3, -0.25) is 4.90 Å². The standard InChI is InChI=1S/C15H25N3O2S/c1-12(2)18-11-16-8-14(18)9-17-6-7-21(19,20)10-15(17)13-4-3-5-13/h8,11-13,15H,3-7,9-10H2,1-2H3/t15-/m1/s1. The Kier molecular flexibility index (Phi) is 4.10. The number of hydrogen-bond donors (Lipinski definition) is 0. The zero-order chi connectivity index (χ0) is 15.0. The van der Waals surface area contributed by atoms with Gasteiger partial charge in [-0.1, -0.05) is 6.42 Å². The quantitative estimate of drug-likeness (QED) is 0.852. The normalized spacial score (nSPS) is 26.9. The van der Waals surface area contributed by atoms with Crippen LogP contribution in [0.25, 0.3) is 0 Å². The SMILES string of the molecule is CC(C)n1cncc1CN1CCS(=O)(=O)C[C@@H]1C1CCC1. The Balaban J connectivity index is 1.77. The van der Waals surface area contributed by atoms with E-state index in [-0.39, 0.29) is 6.04 Å². The Bertz CT molecular complexity index is 590. The molecule has 2 aliphatic rings. The highest BCUT2D eigenvalue weighted by atomic mass is 32.2. The molecule has 1 saturated heterocycles. The summed E-state index contributed by atoms with van der Waals surface area (Å²) in [6.45, 7) is 5.77. The van der Waals surface area contributed by atoms with Crippen LogP contribution in [0.2, 0.25) is 0 Å². The minimum absolute atomic E-state index is 0.202. The molecule has 1 atom stereocenters. The van der Waals surface area contributed by atoms with Crippen LogP contribution in [0.15, 0.2) is 12.5 Å². The van der Waals surface area contributed by atoms with E-state index in [2.05, 4.69) is 28.3 Å². The van der Waals surface area contributed by atoms with E-state index in [4.69, 9.17) is 0 Å². The van der Waals surface area contributed by atoms with Gasteiger partial charge in [0, 0.05) is 31.4 Å². The molecule has 0 amide bonds. The molecule has 6 heteroatoms. The van der Waals surface area contributed by atoms with Crippen LogP contribution >= 0.6 is 0 Å². The zero-order valence-corrected chi connectivity index (χ0v) is 13.7. The van der Waals surface area contributed by atoms with Gasteiger partial charge in [0.25, 0.3) is 0 Å². The van der Waals surface area contributed by atoms with Crippen molar-refractivity contribution in [2.75, 3.05) is 18.1 Å². The Morgan fingerprint density at radius 3 is 2.76 bits per heavy atom. The number of hydrogen-bond acceptors (Lipinski definition) is 4. The first-order valence-electron chi connectivity index (χ1n) is 7.91. The Labute approximate surface area is 127 Å². The van der Waals surface area contributed by atoms with Gasteiger partial charge in [-0.25, -0.2) is 13.4 Å². The van der Waals surface area contributed by atoms with Crippen LogP contribution < -0.4 is 0 Å². The fourth-order valence-electron chi connectivity index (χ4n) is 3.45. The number of imidazole rings is 1. The monoisotopic (exact) mass is 311 g/mol.